The van der Waals surface area contributed by atoms with E-state index in [-0.39, 0.29) is 6.10 Å². The van der Waals surface area contributed by atoms with Gasteiger partial charge in [0.25, 0.3) is 0 Å². The van der Waals surface area contributed by atoms with Gasteiger partial charge in [-0.15, -0.1) is 10.2 Å². The smallest absolute Gasteiger partial charge is 0.194 e. The highest BCUT2D eigenvalue weighted by Gasteiger charge is 2.25. The lowest BCUT2D eigenvalue weighted by atomic mass is 10.1. The molecular formula is C17H22N8O. The number of aryl methyl sites for hydroxylation is 1. The van der Waals surface area contributed by atoms with E-state index < -0.39 is 0 Å². The molecule has 0 spiro atoms. The van der Waals surface area contributed by atoms with E-state index in [4.69, 9.17) is 4.74 Å². The summed E-state index contributed by atoms with van der Waals surface area (Å²) < 4.78 is 9.67. The first-order chi connectivity index (χ1) is 12.7. The Bertz CT molecular complexity index is 914. The summed E-state index contributed by atoms with van der Waals surface area (Å²) in [6.07, 6.45) is 5.80. The Balaban J connectivity index is 1.43. The Labute approximate surface area is 151 Å². The van der Waals surface area contributed by atoms with Gasteiger partial charge in [-0.1, -0.05) is 6.07 Å². The van der Waals surface area contributed by atoms with Crippen LogP contribution in [0, 0.1) is 0 Å². The van der Waals surface area contributed by atoms with Crippen molar-refractivity contribution < 1.29 is 4.74 Å². The van der Waals surface area contributed by atoms with Crippen molar-refractivity contribution in [1.82, 2.24) is 34.6 Å². The lowest BCUT2D eigenvalue weighted by Crippen LogP contribution is -2.48. The second kappa shape index (κ2) is 7.12. The maximum Gasteiger partial charge on any atom is 0.194 e. The number of fused-ring (bicyclic) bond motifs is 1. The third-order valence-corrected chi connectivity index (χ3v) is 4.46. The molecule has 4 rings (SSSR count). The summed E-state index contributed by atoms with van der Waals surface area (Å²) in [5.41, 5.74) is 1.92. The molecule has 3 aromatic rings. The number of rotatable bonds is 3. The predicted octanol–water partition coefficient (Wildman–Crippen LogP) is 0.612. The van der Waals surface area contributed by atoms with Crippen LogP contribution in [0.15, 0.2) is 41.8 Å². The third kappa shape index (κ3) is 3.25. The van der Waals surface area contributed by atoms with Crippen LogP contribution in [0.1, 0.15) is 17.5 Å². The van der Waals surface area contributed by atoms with Gasteiger partial charge in [-0.3, -0.25) is 14.1 Å². The molecule has 1 atom stereocenters. The number of nitrogens with zero attached hydrogens (tertiary/aromatic N) is 7. The number of hydrogen-bond acceptors (Lipinski definition) is 5. The van der Waals surface area contributed by atoms with E-state index in [0.29, 0.717) is 13.2 Å². The molecule has 1 fully saturated rings. The molecule has 1 N–H and O–H groups in total. The Morgan fingerprint density at radius 1 is 1.38 bits per heavy atom. The van der Waals surface area contributed by atoms with Gasteiger partial charge < -0.3 is 15.0 Å². The van der Waals surface area contributed by atoms with Crippen LogP contribution in [-0.4, -0.2) is 62.0 Å². The van der Waals surface area contributed by atoms with Crippen LogP contribution in [0.4, 0.5) is 0 Å². The fourth-order valence-electron chi connectivity index (χ4n) is 3.15. The van der Waals surface area contributed by atoms with Gasteiger partial charge in [-0.25, -0.2) is 0 Å². The van der Waals surface area contributed by atoms with Crippen LogP contribution in [0.3, 0.4) is 0 Å². The summed E-state index contributed by atoms with van der Waals surface area (Å²) in [7, 11) is 3.70. The molecule has 0 saturated carbocycles. The van der Waals surface area contributed by atoms with Crippen molar-refractivity contribution in [1.29, 1.82) is 0 Å². The summed E-state index contributed by atoms with van der Waals surface area (Å²) in [6.45, 7) is 2.71. The molecule has 0 aliphatic carbocycles. The number of aliphatic imine (C=N–C) groups is 1. The highest BCUT2D eigenvalue weighted by molar-refractivity contribution is 5.80. The van der Waals surface area contributed by atoms with Gasteiger partial charge in [0.2, 0.25) is 0 Å². The highest BCUT2D eigenvalue weighted by atomic mass is 16.5. The van der Waals surface area contributed by atoms with Gasteiger partial charge in [-0.05, 0) is 12.1 Å². The van der Waals surface area contributed by atoms with Crippen molar-refractivity contribution in [2.24, 2.45) is 12.0 Å². The van der Waals surface area contributed by atoms with Crippen LogP contribution < -0.4 is 5.32 Å². The Morgan fingerprint density at radius 2 is 2.31 bits per heavy atom. The van der Waals surface area contributed by atoms with E-state index in [1.54, 1.807) is 11.7 Å². The molecular weight excluding hydrogens is 332 g/mol. The van der Waals surface area contributed by atoms with Crippen molar-refractivity contribution >= 4 is 11.6 Å². The largest absolute Gasteiger partial charge is 0.370 e. The van der Waals surface area contributed by atoms with Crippen molar-refractivity contribution in [2.75, 3.05) is 26.7 Å². The first-order valence-electron chi connectivity index (χ1n) is 8.59. The van der Waals surface area contributed by atoms with Crippen LogP contribution in [0.5, 0.6) is 0 Å². The summed E-state index contributed by atoms with van der Waals surface area (Å²) in [6, 6.07) is 5.85. The molecule has 1 aliphatic heterocycles. The van der Waals surface area contributed by atoms with Crippen molar-refractivity contribution in [2.45, 2.75) is 12.6 Å². The quantitative estimate of drug-likeness (QED) is 0.548. The molecule has 0 bridgehead atoms. The van der Waals surface area contributed by atoms with Gasteiger partial charge in [0, 0.05) is 38.6 Å². The molecule has 0 aromatic carbocycles. The molecule has 136 valence electrons. The molecule has 0 amide bonds. The molecule has 1 aliphatic rings. The molecule has 1 saturated heterocycles. The minimum absolute atomic E-state index is 0.00933. The summed E-state index contributed by atoms with van der Waals surface area (Å²) in [4.78, 5) is 6.62. The zero-order chi connectivity index (χ0) is 17.9. The van der Waals surface area contributed by atoms with E-state index in [1.807, 2.05) is 48.2 Å². The number of nitrogens with one attached hydrogen (secondary N) is 1. The maximum absolute atomic E-state index is 5.91. The minimum atomic E-state index is -0.00933. The number of hydrogen-bond donors (Lipinski definition) is 1. The third-order valence-electron chi connectivity index (χ3n) is 4.46. The zero-order valence-electron chi connectivity index (χ0n) is 14.9. The van der Waals surface area contributed by atoms with Crippen LogP contribution in [-0.2, 0) is 18.3 Å². The number of morpholine rings is 1. The average molecular weight is 354 g/mol. The summed E-state index contributed by atoms with van der Waals surface area (Å²) in [5, 5.41) is 16.1. The van der Waals surface area contributed by atoms with Gasteiger partial charge in [-0.2, -0.15) is 5.10 Å². The summed E-state index contributed by atoms with van der Waals surface area (Å²) in [5.74, 6) is 1.67. The van der Waals surface area contributed by atoms with Crippen molar-refractivity contribution in [3.05, 3.63) is 48.2 Å². The second-order valence-corrected chi connectivity index (χ2v) is 6.20. The van der Waals surface area contributed by atoms with Gasteiger partial charge in [0.05, 0.1) is 25.9 Å². The Morgan fingerprint density at radius 3 is 3.12 bits per heavy atom. The molecule has 9 heteroatoms. The standard InChI is InChI=1S/C17H22N8O/c1-18-17(19-10-16-22-21-15-5-3-4-6-25(15)16)24-7-8-26-14(12-24)13-9-20-23(2)11-13/h3-6,9,11,14H,7-8,10,12H2,1-2H3,(H,18,19). The maximum atomic E-state index is 5.91. The fraction of sp³-hybridized carbons (Fsp3) is 0.412. The number of ether oxygens (including phenoxy) is 1. The monoisotopic (exact) mass is 354 g/mol. The first kappa shape index (κ1) is 16.5. The molecule has 9 nitrogen and oxygen atoms in total. The van der Waals surface area contributed by atoms with Crippen molar-refractivity contribution in [3.63, 3.8) is 0 Å². The SMILES string of the molecule is CN=C(NCc1nnc2ccccn12)N1CCOC(c2cnn(C)c2)C1. The molecule has 3 aromatic heterocycles. The minimum Gasteiger partial charge on any atom is -0.370 e. The second-order valence-electron chi connectivity index (χ2n) is 6.20. The van der Waals surface area contributed by atoms with Crippen LogP contribution in [0.25, 0.3) is 5.65 Å². The van der Waals surface area contributed by atoms with Gasteiger partial charge in [0.15, 0.2) is 17.4 Å². The molecule has 26 heavy (non-hydrogen) atoms. The number of aromatic nitrogens is 5. The first-order valence-corrected chi connectivity index (χ1v) is 8.59. The predicted molar refractivity (Wildman–Crippen MR) is 96.7 cm³/mol. The fourth-order valence-corrected chi connectivity index (χ4v) is 3.15. The molecule has 1 unspecified atom stereocenters. The highest BCUT2D eigenvalue weighted by Crippen LogP contribution is 2.21. The molecule has 0 radical (unpaired) electrons. The van der Waals surface area contributed by atoms with E-state index in [0.717, 1.165) is 36.1 Å². The normalized spacial score (nSPS) is 18.5. The van der Waals surface area contributed by atoms with E-state index in [9.17, 15) is 0 Å². The Hall–Kier alpha value is -2.94. The van der Waals surface area contributed by atoms with Crippen molar-refractivity contribution in [3.8, 4) is 0 Å². The lowest BCUT2D eigenvalue weighted by Gasteiger charge is -2.34. The lowest BCUT2D eigenvalue weighted by molar-refractivity contribution is -0.00806. The molecule has 4 heterocycles. The topological polar surface area (TPSA) is 84.9 Å². The number of guanidine groups is 1. The summed E-state index contributed by atoms with van der Waals surface area (Å²) >= 11 is 0. The van der Waals surface area contributed by atoms with Gasteiger partial charge in [0.1, 0.15) is 6.10 Å². The van der Waals surface area contributed by atoms with Crippen LogP contribution >= 0.6 is 0 Å². The van der Waals surface area contributed by atoms with Gasteiger partial charge >= 0.3 is 0 Å². The average Bonchev–Trinajstić information content (AvgIpc) is 3.29. The zero-order valence-corrected chi connectivity index (χ0v) is 14.9. The Kier molecular flexibility index (Phi) is 4.53. The van der Waals surface area contributed by atoms with E-state index in [1.165, 1.54) is 0 Å². The van der Waals surface area contributed by atoms with Crippen LogP contribution in [0.2, 0.25) is 0 Å². The van der Waals surface area contributed by atoms with E-state index in [2.05, 4.69) is 30.5 Å². The van der Waals surface area contributed by atoms with E-state index >= 15 is 0 Å². The number of pyridine rings is 1.